The lowest BCUT2D eigenvalue weighted by molar-refractivity contribution is -0.907. The third-order valence-corrected chi connectivity index (χ3v) is 4.07. The fourth-order valence-electron chi connectivity index (χ4n) is 3.03. The SMILES string of the molecule is CC(C[NH+]1CCCCC1)OC(=O)c1cc2ccccc2o1.[Cl-]. The largest absolute Gasteiger partial charge is 1.00 e. The number of halogens is 1. The minimum atomic E-state index is -0.366. The highest BCUT2D eigenvalue weighted by Gasteiger charge is 2.21. The molecule has 2 heterocycles. The van der Waals surface area contributed by atoms with Gasteiger partial charge in [0.05, 0.1) is 13.1 Å². The summed E-state index contributed by atoms with van der Waals surface area (Å²) in [6.07, 6.45) is 3.80. The normalized spacial score (nSPS) is 17.0. The summed E-state index contributed by atoms with van der Waals surface area (Å²) in [5.41, 5.74) is 0.721. The van der Waals surface area contributed by atoms with Gasteiger partial charge in [-0.15, -0.1) is 0 Å². The van der Waals surface area contributed by atoms with Crippen LogP contribution in [0.15, 0.2) is 34.7 Å². The molecular formula is C17H22ClNO3. The highest BCUT2D eigenvalue weighted by atomic mass is 35.5. The van der Waals surface area contributed by atoms with Gasteiger partial charge in [0.15, 0.2) is 0 Å². The van der Waals surface area contributed by atoms with Crippen molar-refractivity contribution in [3.8, 4) is 0 Å². The maximum atomic E-state index is 12.1. The number of piperidine rings is 1. The van der Waals surface area contributed by atoms with Crippen molar-refractivity contribution in [1.29, 1.82) is 0 Å². The van der Waals surface area contributed by atoms with E-state index in [1.807, 2.05) is 31.2 Å². The van der Waals surface area contributed by atoms with Gasteiger partial charge in [-0.3, -0.25) is 0 Å². The topological polar surface area (TPSA) is 43.9 Å². The van der Waals surface area contributed by atoms with Crippen LogP contribution in [0.25, 0.3) is 11.0 Å². The van der Waals surface area contributed by atoms with Crippen LogP contribution >= 0.6 is 0 Å². The van der Waals surface area contributed by atoms with Gasteiger partial charge in [0.25, 0.3) is 0 Å². The zero-order valence-electron chi connectivity index (χ0n) is 12.8. The molecule has 1 saturated heterocycles. The summed E-state index contributed by atoms with van der Waals surface area (Å²) >= 11 is 0. The number of carbonyl (C=O) groups excluding carboxylic acids is 1. The molecule has 1 aliphatic heterocycles. The molecule has 4 nitrogen and oxygen atoms in total. The van der Waals surface area contributed by atoms with Crippen molar-refractivity contribution in [2.45, 2.75) is 32.3 Å². The number of benzene rings is 1. The summed E-state index contributed by atoms with van der Waals surface area (Å²) in [4.78, 5) is 13.7. The van der Waals surface area contributed by atoms with Crippen LogP contribution < -0.4 is 17.3 Å². The van der Waals surface area contributed by atoms with Gasteiger partial charge in [0.1, 0.15) is 18.2 Å². The average Bonchev–Trinajstić information content (AvgIpc) is 2.92. The zero-order chi connectivity index (χ0) is 14.7. The molecule has 1 N–H and O–H groups in total. The van der Waals surface area contributed by atoms with E-state index in [0.717, 1.165) is 17.5 Å². The Hall–Kier alpha value is -1.52. The first kappa shape index (κ1) is 16.8. The van der Waals surface area contributed by atoms with Crippen LogP contribution in [0.4, 0.5) is 0 Å². The van der Waals surface area contributed by atoms with E-state index in [1.165, 1.54) is 37.3 Å². The second-order valence-corrected chi connectivity index (χ2v) is 5.88. The first-order valence-electron chi connectivity index (χ1n) is 7.75. The minimum absolute atomic E-state index is 0. The summed E-state index contributed by atoms with van der Waals surface area (Å²) in [6, 6.07) is 9.35. The van der Waals surface area contributed by atoms with E-state index in [9.17, 15) is 4.79 Å². The van der Waals surface area contributed by atoms with Crippen LogP contribution in [0.3, 0.4) is 0 Å². The van der Waals surface area contributed by atoms with Crippen molar-refractivity contribution < 1.29 is 31.3 Å². The number of ether oxygens (including phenoxy) is 1. The summed E-state index contributed by atoms with van der Waals surface area (Å²) in [5, 5.41) is 0.929. The van der Waals surface area contributed by atoms with Crippen LogP contribution in [0.1, 0.15) is 36.7 Å². The van der Waals surface area contributed by atoms with Gasteiger partial charge in [0.2, 0.25) is 5.76 Å². The van der Waals surface area contributed by atoms with Gasteiger partial charge < -0.3 is 26.5 Å². The van der Waals surface area contributed by atoms with Gasteiger partial charge in [0, 0.05) is 5.39 Å². The number of likely N-dealkylation sites (tertiary alicyclic amines) is 1. The van der Waals surface area contributed by atoms with Gasteiger partial charge >= 0.3 is 5.97 Å². The third-order valence-electron chi connectivity index (χ3n) is 4.07. The standard InChI is InChI=1S/C17H21NO3.ClH/c1-13(12-18-9-5-2-6-10-18)20-17(19)16-11-14-7-3-4-8-15(14)21-16;/h3-4,7-8,11,13H,2,5-6,9-10,12H2,1H3;1H. The van der Waals surface area contributed by atoms with E-state index in [4.69, 9.17) is 9.15 Å². The van der Waals surface area contributed by atoms with E-state index in [0.29, 0.717) is 0 Å². The smallest absolute Gasteiger partial charge is 0.374 e. The lowest BCUT2D eigenvalue weighted by atomic mass is 10.1. The quantitative estimate of drug-likeness (QED) is 0.738. The molecule has 22 heavy (non-hydrogen) atoms. The number of para-hydroxylation sites is 1. The molecule has 0 spiro atoms. The van der Waals surface area contributed by atoms with Crippen molar-refractivity contribution in [1.82, 2.24) is 0 Å². The second-order valence-electron chi connectivity index (χ2n) is 5.88. The Morgan fingerprint density at radius 3 is 2.73 bits per heavy atom. The van der Waals surface area contributed by atoms with Crippen LogP contribution in [-0.4, -0.2) is 31.7 Å². The van der Waals surface area contributed by atoms with Crippen LogP contribution in [0, 0.1) is 0 Å². The van der Waals surface area contributed by atoms with Gasteiger partial charge in [-0.1, -0.05) is 18.2 Å². The summed E-state index contributed by atoms with van der Waals surface area (Å²) in [6.45, 7) is 5.22. The number of nitrogens with one attached hydrogen (secondary N) is 1. The first-order chi connectivity index (χ1) is 10.2. The predicted molar refractivity (Wildman–Crippen MR) is 80.5 cm³/mol. The molecule has 0 aliphatic carbocycles. The van der Waals surface area contributed by atoms with Crippen LogP contribution in [-0.2, 0) is 4.74 Å². The molecular weight excluding hydrogens is 302 g/mol. The molecule has 1 atom stereocenters. The number of rotatable bonds is 4. The molecule has 2 aromatic rings. The summed E-state index contributed by atoms with van der Waals surface area (Å²) < 4.78 is 11.1. The van der Waals surface area contributed by atoms with Crippen LogP contribution in [0.5, 0.6) is 0 Å². The number of esters is 1. The lowest BCUT2D eigenvalue weighted by Crippen LogP contribution is -3.13. The van der Waals surface area contributed by atoms with Gasteiger partial charge in [-0.25, -0.2) is 4.79 Å². The van der Waals surface area contributed by atoms with E-state index in [2.05, 4.69) is 0 Å². The molecule has 1 fully saturated rings. The average molecular weight is 324 g/mol. The third kappa shape index (κ3) is 4.02. The van der Waals surface area contributed by atoms with Crippen LogP contribution in [0.2, 0.25) is 0 Å². The molecule has 1 aliphatic rings. The minimum Gasteiger partial charge on any atom is -1.00 e. The number of hydrogen-bond acceptors (Lipinski definition) is 3. The highest BCUT2D eigenvalue weighted by molar-refractivity contribution is 5.92. The predicted octanol–water partition coefficient (Wildman–Crippen LogP) is -0.949. The van der Waals surface area contributed by atoms with Crippen molar-refractivity contribution in [2.24, 2.45) is 0 Å². The molecule has 5 heteroatoms. The zero-order valence-corrected chi connectivity index (χ0v) is 13.6. The van der Waals surface area contributed by atoms with Crippen molar-refractivity contribution >= 4 is 16.9 Å². The Labute approximate surface area is 136 Å². The van der Waals surface area contributed by atoms with Gasteiger partial charge in [-0.05, 0) is 38.3 Å². The monoisotopic (exact) mass is 323 g/mol. The molecule has 0 saturated carbocycles. The van der Waals surface area contributed by atoms with Gasteiger partial charge in [-0.2, -0.15) is 0 Å². The summed E-state index contributed by atoms with van der Waals surface area (Å²) in [7, 11) is 0. The first-order valence-corrected chi connectivity index (χ1v) is 7.75. The fourth-order valence-corrected chi connectivity index (χ4v) is 3.03. The molecule has 1 unspecified atom stereocenters. The Morgan fingerprint density at radius 2 is 2.00 bits per heavy atom. The summed E-state index contributed by atoms with van der Waals surface area (Å²) in [5.74, 6) is -0.0770. The Bertz CT molecular complexity index is 586. The number of furan rings is 1. The molecule has 0 radical (unpaired) electrons. The molecule has 0 bridgehead atoms. The maximum Gasteiger partial charge on any atom is 0.374 e. The second kappa shape index (κ2) is 7.65. The lowest BCUT2D eigenvalue weighted by Gasteiger charge is -2.25. The van der Waals surface area contributed by atoms with Crippen molar-refractivity contribution in [3.63, 3.8) is 0 Å². The maximum absolute atomic E-state index is 12.1. The number of quaternary nitrogens is 1. The van der Waals surface area contributed by atoms with E-state index < -0.39 is 0 Å². The van der Waals surface area contributed by atoms with Crippen molar-refractivity contribution in [3.05, 3.63) is 36.1 Å². The van der Waals surface area contributed by atoms with E-state index in [-0.39, 0.29) is 30.2 Å². The molecule has 1 aromatic heterocycles. The Balaban J connectivity index is 0.00000176. The van der Waals surface area contributed by atoms with Crippen molar-refractivity contribution in [2.75, 3.05) is 19.6 Å². The van der Waals surface area contributed by atoms with E-state index >= 15 is 0 Å². The molecule has 1 aromatic carbocycles. The molecule has 0 amide bonds. The number of hydrogen-bond donors (Lipinski definition) is 1. The van der Waals surface area contributed by atoms with E-state index in [1.54, 1.807) is 6.07 Å². The molecule has 3 rings (SSSR count). The Morgan fingerprint density at radius 1 is 1.27 bits per heavy atom. The number of fused-ring (bicyclic) bond motifs is 1. The fraction of sp³-hybridized carbons (Fsp3) is 0.471. The molecule has 120 valence electrons. The highest BCUT2D eigenvalue weighted by Crippen LogP contribution is 2.19. The number of carbonyl (C=O) groups is 1. The Kier molecular flexibility index (Phi) is 5.86.